The molecule has 0 atom stereocenters. The number of urea groups is 1. The number of rotatable bonds is 2. The fraction of sp³-hybridized carbons (Fsp3) is 0.353. The van der Waals surface area contributed by atoms with Gasteiger partial charge in [-0.2, -0.15) is 13.2 Å². The van der Waals surface area contributed by atoms with Crippen LogP contribution in [0.3, 0.4) is 0 Å². The lowest BCUT2D eigenvalue weighted by atomic mass is 9.96. The molecule has 2 aromatic rings. The van der Waals surface area contributed by atoms with E-state index in [1.165, 1.54) is 4.90 Å². The molecule has 128 valence electrons. The van der Waals surface area contributed by atoms with Crippen LogP contribution >= 0.6 is 0 Å². The Balaban J connectivity index is 1.56. The van der Waals surface area contributed by atoms with Crippen molar-refractivity contribution in [3.63, 3.8) is 0 Å². The maximum atomic E-state index is 12.6. The molecule has 0 spiro atoms. The molecule has 1 aromatic heterocycles. The van der Waals surface area contributed by atoms with Crippen molar-refractivity contribution >= 4 is 11.7 Å². The van der Waals surface area contributed by atoms with Crippen LogP contribution in [0.1, 0.15) is 12.8 Å². The number of hydrogen-bond acceptors (Lipinski definition) is 1. The van der Waals surface area contributed by atoms with Gasteiger partial charge in [-0.3, -0.25) is 0 Å². The topological polar surface area (TPSA) is 48.1 Å². The summed E-state index contributed by atoms with van der Waals surface area (Å²) in [5, 5.41) is 2.73. The zero-order chi connectivity index (χ0) is 17.2. The fourth-order valence-electron chi connectivity index (χ4n) is 2.86. The number of amides is 2. The number of hydrogen-bond donors (Lipinski definition) is 2. The Labute approximate surface area is 137 Å². The lowest BCUT2D eigenvalue weighted by Gasteiger charge is -2.32. The molecule has 1 aliphatic rings. The van der Waals surface area contributed by atoms with Crippen molar-refractivity contribution in [2.24, 2.45) is 5.92 Å². The summed E-state index contributed by atoms with van der Waals surface area (Å²) in [6.45, 7) is 0.243. The highest BCUT2D eigenvalue weighted by Crippen LogP contribution is 2.34. The van der Waals surface area contributed by atoms with Gasteiger partial charge < -0.3 is 15.2 Å². The highest BCUT2D eigenvalue weighted by Gasteiger charge is 2.41. The number of alkyl halides is 3. The monoisotopic (exact) mass is 337 g/mol. The molecule has 7 heteroatoms. The largest absolute Gasteiger partial charge is 0.391 e. The molecule has 0 saturated carbocycles. The van der Waals surface area contributed by atoms with Gasteiger partial charge in [0.05, 0.1) is 5.92 Å². The Morgan fingerprint density at radius 1 is 1.12 bits per heavy atom. The van der Waals surface area contributed by atoms with Crippen LogP contribution in [-0.2, 0) is 0 Å². The third-order valence-electron chi connectivity index (χ3n) is 4.29. The van der Waals surface area contributed by atoms with Gasteiger partial charge in [-0.05, 0) is 42.7 Å². The van der Waals surface area contributed by atoms with Gasteiger partial charge >= 0.3 is 12.2 Å². The second-order valence-corrected chi connectivity index (χ2v) is 5.89. The lowest BCUT2D eigenvalue weighted by Crippen LogP contribution is -2.43. The van der Waals surface area contributed by atoms with Crippen molar-refractivity contribution in [3.05, 3.63) is 42.6 Å². The van der Waals surface area contributed by atoms with Crippen LogP contribution in [0.2, 0.25) is 0 Å². The van der Waals surface area contributed by atoms with E-state index in [0.29, 0.717) is 5.69 Å². The number of carbonyl (C=O) groups excluding carboxylic acids is 1. The van der Waals surface area contributed by atoms with Crippen molar-refractivity contribution < 1.29 is 18.0 Å². The summed E-state index contributed by atoms with van der Waals surface area (Å²) in [6, 6.07) is 10.8. The minimum atomic E-state index is -4.17. The standard InChI is InChI=1S/C17H18F3N3O/c18-17(19,20)13-7-10-23(11-8-13)16(24)22-14-5-3-12(4-6-14)15-2-1-9-21-15/h1-6,9,13,21H,7-8,10-11H2,(H,22,24). The number of halogens is 3. The van der Waals surface area contributed by atoms with Crippen LogP contribution in [0.4, 0.5) is 23.7 Å². The number of carbonyl (C=O) groups is 1. The van der Waals surface area contributed by atoms with E-state index in [1.54, 1.807) is 12.1 Å². The van der Waals surface area contributed by atoms with Crippen molar-refractivity contribution in [2.45, 2.75) is 19.0 Å². The number of nitrogens with one attached hydrogen (secondary N) is 2. The van der Waals surface area contributed by atoms with Gasteiger partial charge in [-0.25, -0.2) is 4.79 Å². The van der Waals surface area contributed by atoms with Crippen LogP contribution in [0.15, 0.2) is 42.6 Å². The van der Waals surface area contributed by atoms with Gasteiger partial charge in [0.25, 0.3) is 0 Å². The van der Waals surface area contributed by atoms with Crippen molar-refractivity contribution in [1.29, 1.82) is 0 Å². The second kappa shape index (κ2) is 6.59. The maximum absolute atomic E-state index is 12.6. The number of aromatic nitrogens is 1. The summed E-state index contributed by atoms with van der Waals surface area (Å²) >= 11 is 0. The van der Waals surface area contributed by atoms with E-state index in [1.807, 2.05) is 30.5 Å². The van der Waals surface area contributed by atoms with Gasteiger partial charge in [0.1, 0.15) is 0 Å². The molecule has 0 radical (unpaired) electrons. The van der Waals surface area contributed by atoms with E-state index in [-0.39, 0.29) is 32.0 Å². The Bertz CT molecular complexity index is 672. The maximum Gasteiger partial charge on any atom is 0.391 e. The first-order chi connectivity index (χ1) is 11.4. The molecular weight excluding hydrogens is 319 g/mol. The zero-order valence-corrected chi connectivity index (χ0v) is 12.9. The summed E-state index contributed by atoms with van der Waals surface area (Å²) in [4.78, 5) is 16.7. The van der Waals surface area contributed by atoms with Gasteiger partial charge in [-0.15, -0.1) is 0 Å². The van der Waals surface area contributed by atoms with Crippen LogP contribution < -0.4 is 5.32 Å². The molecule has 1 fully saturated rings. The molecule has 0 unspecified atom stereocenters. The number of piperidine rings is 1. The molecule has 2 amide bonds. The molecule has 0 bridgehead atoms. The van der Waals surface area contributed by atoms with E-state index in [0.717, 1.165) is 11.3 Å². The van der Waals surface area contributed by atoms with Crippen molar-refractivity contribution in [3.8, 4) is 11.3 Å². The third-order valence-corrected chi connectivity index (χ3v) is 4.29. The summed E-state index contributed by atoms with van der Waals surface area (Å²) in [5.74, 6) is -1.30. The number of benzene rings is 1. The van der Waals surface area contributed by atoms with Crippen LogP contribution in [-0.4, -0.2) is 35.2 Å². The lowest BCUT2D eigenvalue weighted by molar-refractivity contribution is -0.183. The van der Waals surface area contributed by atoms with Gasteiger partial charge in [0.2, 0.25) is 0 Å². The smallest absolute Gasteiger partial charge is 0.361 e. The van der Waals surface area contributed by atoms with E-state index in [2.05, 4.69) is 10.3 Å². The number of likely N-dealkylation sites (tertiary alicyclic amines) is 1. The van der Waals surface area contributed by atoms with Gasteiger partial charge in [0, 0.05) is 30.7 Å². The van der Waals surface area contributed by atoms with Crippen LogP contribution in [0, 0.1) is 5.92 Å². The summed E-state index contributed by atoms with van der Waals surface area (Å²) in [6.07, 6.45) is -2.42. The highest BCUT2D eigenvalue weighted by atomic mass is 19.4. The predicted octanol–water partition coefficient (Wildman–Crippen LogP) is 4.49. The molecule has 0 aliphatic carbocycles. The first-order valence-electron chi connectivity index (χ1n) is 7.80. The normalized spacial score (nSPS) is 16.2. The quantitative estimate of drug-likeness (QED) is 0.833. The molecular formula is C17H18F3N3O. The third kappa shape index (κ3) is 3.72. The van der Waals surface area contributed by atoms with Crippen LogP contribution in [0.5, 0.6) is 0 Å². The molecule has 1 aliphatic heterocycles. The second-order valence-electron chi connectivity index (χ2n) is 5.89. The highest BCUT2D eigenvalue weighted by molar-refractivity contribution is 5.89. The number of anilines is 1. The van der Waals surface area contributed by atoms with E-state index in [9.17, 15) is 18.0 Å². The average molecular weight is 337 g/mol. The van der Waals surface area contributed by atoms with E-state index in [4.69, 9.17) is 0 Å². The molecule has 4 nitrogen and oxygen atoms in total. The molecule has 3 rings (SSSR count). The number of H-pyrrole nitrogens is 1. The minimum absolute atomic E-state index is 0.0390. The Morgan fingerprint density at radius 3 is 2.33 bits per heavy atom. The van der Waals surface area contributed by atoms with Crippen molar-refractivity contribution in [2.75, 3.05) is 18.4 Å². The Kier molecular flexibility index (Phi) is 4.51. The summed E-state index contributed by atoms with van der Waals surface area (Å²) in [7, 11) is 0. The van der Waals surface area contributed by atoms with Crippen LogP contribution in [0.25, 0.3) is 11.3 Å². The molecule has 1 saturated heterocycles. The Hall–Kier alpha value is -2.44. The number of nitrogens with zero attached hydrogens (tertiary/aromatic N) is 1. The van der Waals surface area contributed by atoms with E-state index >= 15 is 0 Å². The SMILES string of the molecule is O=C(Nc1ccc(-c2ccc[nH]2)cc1)N1CCC(C(F)(F)F)CC1. The van der Waals surface area contributed by atoms with Gasteiger partial charge in [-0.1, -0.05) is 12.1 Å². The van der Waals surface area contributed by atoms with Gasteiger partial charge in [0.15, 0.2) is 0 Å². The van der Waals surface area contributed by atoms with E-state index < -0.39 is 12.1 Å². The fourth-order valence-corrected chi connectivity index (χ4v) is 2.86. The average Bonchev–Trinajstić information content (AvgIpc) is 3.09. The first kappa shape index (κ1) is 16.4. The van der Waals surface area contributed by atoms with Crippen molar-refractivity contribution in [1.82, 2.24) is 9.88 Å². The summed E-state index contributed by atoms with van der Waals surface area (Å²) in [5.41, 5.74) is 2.58. The molecule has 2 heterocycles. The predicted molar refractivity (Wildman–Crippen MR) is 85.6 cm³/mol. The molecule has 2 N–H and O–H groups in total. The zero-order valence-electron chi connectivity index (χ0n) is 12.9. The minimum Gasteiger partial charge on any atom is -0.361 e. The Morgan fingerprint density at radius 2 is 1.79 bits per heavy atom. The summed E-state index contributed by atoms with van der Waals surface area (Å²) < 4.78 is 37.9. The molecule has 1 aromatic carbocycles. The first-order valence-corrected chi connectivity index (χ1v) is 7.80. The number of aromatic amines is 1. The molecule has 24 heavy (non-hydrogen) atoms.